The van der Waals surface area contributed by atoms with Crippen LogP contribution in [0.25, 0.3) is 0 Å². The molecule has 0 aromatic heterocycles. The van der Waals surface area contributed by atoms with E-state index in [0.717, 1.165) is 12.0 Å². The van der Waals surface area contributed by atoms with Gasteiger partial charge >= 0.3 is 0 Å². The van der Waals surface area contributed by atoms with Crippen molar-refractivity contribution in [2.45, 2.75) is 65.0 Å². The first-order chi connectivity index (χ1) is 5.93. The number of hydrogen-bond donors (Lipinski definition) is 1. The Morgan fingerprint density at radius 2 is 1.77 bits per heavy atom. The van der Waals surface area contributed by atoms with E-state index in [1.807, 2.05) is 0 Å². The van der Waals surface area contributed by atoms with Crippen LogP contribution in [0, 0.1) is 11.3 Å². The SMILES string of the molecule is CC(NC1(C)CCC1)C1CC1(C)C. The summed E-state index contributed by atoms with van der Waals surface area (Å²) < 4.78 is 0. The first-order valence-corrected chi connectivity index (χ1v) is 5.71. The molecule has 1 N–H and O–H groups in total. The maximum absolute atomic E-state index is 3.81. The largest absolute Gasteiger partial charge is 0.309 e. The Morgan fingerprint density at radius 1 is 1.23 bits per heavy atom. The van der Waals surface area contributed by atoms with E-state index < -0.39 is 0 Å². The molecule has 2 aliphatic carbocycles. The predicted octanol–water partition coefficient (Wildman–Crippen LogP) is 2.95. The van der Waals surface area contributed by atoms with Gasteiger partial charge in [-0.3, -0.25) is 0 Å². The van der Waals surface area contributed by atoms with E-state index in [2.05, 4.69) is 33.0 Å². The second-order valence-electron chi connectivity index (χ2n) is 6.15. The Hall–Kier alpha value is -0.0400. The van der Waals surface area contributed by atoms with Gasteiger partial charge in [0.25, 0.3) is 0 Å². The normalized spacial score (nSPS) is 36.5. The average Bonchev–Trinajstić information content (AvgIpc) is 2.57. The standard InChI is InChI=1S/C12H23N/c1-9(10-8-11(10,2)3)13-12(4)6-5-7-12/h9-10,13H,5-8H2,1-4H3. The molecule has 2 rings (SSSR count). The number of hydrogen-bond acceptors (Lipinski definition) is 1. The summed E-state index contributed by atoms with van der Waals surface area (Å²) in [7, 11) is 0. The molecule has 1 heteroatoms. The highest BCUT2D eigenvalue weighted by Crippen LogP contribution is 2.54. The summed E-state index contributed by atoms with van der Waals surface area (Å²) in [6, 6.07) is 0.722. The van der Waals surface area contributed by atoms with E-state index in [1.165, 1.54) is 25.7 Å². The van der Waals surface area contributed by atoms with Crippen molar-refractivity contribution >= 4 is 0 Å². The summed E-state index contributed by atoms with van der Waals surface area (Å²) in [5, 5.41) is 3.81. The van der Waals surface area contributed by atoms with Crippen LogP contribution in [-0.2, 0) is 0 Å². The van der Waals surface area contributed by atoms with E-state index in [1.54, 1.807) is 0 Å². The molecule has 0 aromatic rings. The fourth-order valence-electron chi connectivity index (χ4n) is 2.86. The van der Waals surface area contributed by atoms with Gasteiger partial charge in [-0.15, -0.1) is 0 Å². The fraction of sp³-hybridized carbons (Fsp3) is 1.00. The fourth-order valence-corrected chi connectivity index (χ4v) is 2.86. The van der Waals surface area contributed by atoms with Gasteiger partial charge in [0.1, 0.15) is 0 Å². The lowest BCUT2D eigenvalue weighted by atomic mass is 9.78. The molecule has 13 heavy (non-hydrogen) atoms. The molecule has 0 bridgehead atoms. The first-order valence-electron chi connectivity index (χ1n) is 5.71. The molecule has 2 saturated carbocycles. The topological polar surface area (TPSA) is 12.0 Å². The highest BCUT2D eigenvalue weighted by Gasteiger charge is 2.50. The van der Waals surface area contributed by atoms with E-state index in [-0.39, 0.29) is 0 Å². The van der Waals surface area contributed by atoms with Crippen LogP contribution in [0.2, 0.25) is 0 Å². The van der Waals surface area contributed by atoms with Crippen LogP contribution < -0.4 is 5.32 Å². The van der Waals surface area contributed by atoms with Gasteiger partial charge in [0, 0.05) is 11.6 Å². The smallest absolute Gasteiger partial charge is 0.0156 e. The molecule has 76 valence electrons. The molecule has 0 radical (unpaired) electrons. The van der Waals surface area contributed by atoms with Crippen LogP contribution in [0.5, 0.6) is 0 Å². The van der Waals surface area contributed by atoms with E-state index >= 15 is 0 Å². The van der Waals surface area contributed by atoms with Crippen molar-refractivity contribution < 1.29 is 0 Å². The third kappa shape index (κ3) is 1.76. The zero-order valence-electron chi connectivity index (χ0n) is 9.48. The van der Waals surface area contributed by atoms with E-state index in [4.69, 9.17) is 0 Å². The third-order valence-electron chi connectivity index (χ3n) is 4.23. The second kappa shape index (κ2) is 2.73. The maximum Gasteiger partial charge on any atom is 0.0156 e. The molecule has 2 atom stereocenters. The van der Waals surface area contributed by atoms with Gasteiger partial charge in [-0.1, -0.05) is 13.8 Å². The minimum absolute atomic E-state index is 0.484. The molecular weight excluding hydrogens is 158 g/mol. The Kier molecular flexibility index (Phi) is 1.99. The molecule has 2 aliphatic rings. The monoisotopic (exact) mass is 181 g/mol. The molecule has 0 spiro atoms. The van der Waals surface area contributed by atoms with E-state index in [0.29, 0.717) is 11.0 Å². The lowest BCUT2D eigenvalue weighted by Crippen LogP contribution is -2.52. The van der Waals surface area contributed by atoms with Crippen molar-refractivity contribution in [3.05, 3.63) is 0 Å². The number of rotatable bonds is 3. The zero-order chi connectivity index (χ0) is 9.69. The lowest BCUT2D eigenvalue weighted by molar-refractivity contribution is 0.177. The van der Waals surface area contributed by atoms with Crippen molar-refractivity contribution in [1.82, 2.24) is 5.32 Å². The maximum atomic E-state index is 3.81. The molecular formula is C12H23N. The van der Waals surface area contributed by atoms with Gasteiger partial charge in [0.2, 0.25) is 0 Å². The zero-order valence-corrected chi connectivity index (χ0v) is 9.48. The predicted molar refractivity (Wildman–Crippen MR) is 56.7 cm³/mol. The minimum Gasteiger partial charge on any atom is -0.309 e. The number of nitrogens with one attached hydrogen (secondary N) is 1. The van der Waals surface area contributed by atoms with Gasteiger partial charge in [-0.05, 0) is 50.9 Å². The lowest BCUT2D eigenvalue weighted by Gasteiger charge is -2.42. The summed E-state index contributed by atoms with van der Waals surface area (Å²) in [5.41, 5.74) is 1.10. The molecule has 0 aromatic carbocycles. The minimum atomic E-state index is 0.484. The summed E-state index contributed by atoms with van der Waals surface area (Å²) in [5.74, 6) is 0.921. The van der Waals surface area contributed by atoms with Crippen molar-refractivity contribution in [2.75, 3.05) is 0 Å². The quantitative estimate of drug-likeness (QED) is 0.706. The third-order valence-corrected chi connectivity index (χ3v) is 4.23. The first kappa shape index (κ1) is 9.51. The van der Waals surface area contributed by atoms with Gasteiger partial charge in [0.15, 0.2) is 0 Å². The molecule has 1 nitrogen and oxygen atoms in total. The Morgan fingerprint density at radius 3 is 2.08 bits per heavy atom. The molecule has 2 unspecified atom stereocenters. The van der Waals surface area contributed by atoms with Crippen LogP contribution in [0.1, 0.15) is 53.4 Å². The summed E-state index contributed by atoms with van der Waals surface area (Å²) >= 11 is 0. The molecule has 0 saturated heterocycles. The van der Waals surface area contributed by atoms with Gasteiger partial charge < -0.3 is 5.32 Å². The van der Waals surface area contributed by atoms with Gasteiger partial charge in [-0.25, -0.2) is 0 Å². The van der Waals surface area contributed by atoms with Gasteiger partial charge in [0.05, 0.1) is 0 Å². The second-order valence-corrected chi connectivity index (χ2v) is 6.15. The van der Waals surface area contributed by atoms with Gasteiger partial charge in [-0.2, -0.15) is 0 Å². The highest BCUT2D eigenvalue weighted by molar-refractivity contribution is 5.03. The van der Waals surface area contributed by atoms with Crippen LogP contribution in [0.3, 0.4) is 0 Å². The van der Waals surface area contributed by atoms with Crippen molar-refractivity contribution in [3.8, 4) is 0 Å². The van der Waals surface area contributed by atoms with E-state index in [9.17, 15) is 0 Å². The Labute approximate surface area is 82.3 Å². The molecule has 0 heterocycles. The van der Waals surface area contributed by atoms with Crippen molar-refractivity contribution in [3.63, 3.8) is 0 Å². The van der Waals surface area contributed by atoms with Crippen LogP contribution >= 0.6 is 0 Å². The Bertz CT molecular complexity index is 203. The van der Waals surface area contributed by atoms with Crippen LogP contribution in [0.15, 0.2) is 0 Å². The average molecular weight is 181 g/mol. The highest BCUT2D eigenvalue weighted by atomic mass is 15.0. The summed E-state index contributed by atoms with van der Waals surface area (Å²) in [4.78, 5) is 0. The molecule has 2 fully saturated rings. The summed E-state index contributed by atoms with van der Waals surface area (Å²) in [6.45, 7) is 9.52. The van der Waals surface area contributed by atoms with Crippen LogP contribution in [0.4, 0.5) is 0 Å². The van der Waals surface area contributed by atoms with Crippen molar-refractivity contribution in [2.24, 2.45) is 11.3 Å². The van der Waals surface area contributed by atoms with Crippen molar-refractivity contribution in [1.29, 1.82) is 0 Å². The van der Waals surface area contributed by atoms with Crippen LogP contribution in [-0.4, -0.2) is 11.6 Å². The molecule has 0 aliphatic heterocycles. The Balaban J connectivity index is 1.82. The molecule has 0 amide bonds. The summed E-state index contributed by atoms with van der Waals surface area (Å²) in [6.07, 6.45) is 5.59.